The Morgan fingerprint density at radius 1 is 1.22 bits per heavy atom. The minimum Gasteiger partial charge on any atom is -0.504 e. The molecule has 3 N–H and O–H groups in total. The van der Waals surface area contributed by atoms with E-state index in [-0.39, 0.29) is 37.6 Å². The van der Waals surface area contributed by atoms with Gasteiger partial charge in [-0.15, -0.1) is 5.73 Å². The number of carbonyl (C=O) groups is 1. The molecule has 2 rings (SSSR count). The zero-order valence-electron chi connectivity index (χ0n) is 18.0. The summed E-state index contributed by atoms with van der Waals surface area (Å²) in [5.41, 5.74) is 4.15. The molecule has 2 aromatic carbocycles. The van der Waals surface area contributed by atoms with Gasteiger partial charge >= 0.3 is 5.97 Å². The van der Waals surface area contributed by atoms with Crippen molar-refractivity contribution in [1.29, 1.82) is 0 Å². The lowest BCUT2D eigenvalue weighted by molar-refractivity contribution is -0.152. The fourth-order valence-electron chi connectivity index (χ4n) is 2.79. The molecule has 0 aliphatic heterocycles. The zero-order valence-corrected chi connectivity index (χ0v) is 20.1. The monoisotopic (exact) mass is 554 g/mol. The number of ether oxygens (including phenoxy) is 3. The van der Waals surface area contributed by atoms with Crippen LogP contribution in [-0.4, -0.2) is 47.7 Å². The Labute approximate surface area is 201 Å². The fraction of sp³-hybridized carbons (Fsp3) is 0.333. The van der Waals surface area contributed by atoms with E-state index in [0.717, 1.165) is 0 Å². The molecule has 2 aromatic rings. The summed E-state index contributed by atoms with van der Waals surface area (Å²) in [6.07, 6.45) is -0.370. The largest absolute Gasteiger partial charge is 0.504 e. The molecule has 7 nitrogen and oxygen atoms in total. The summed E-state index contributed by atoms with van der Waals surface area (Å²) in [5.74, 6) is 0.230. The number of hydrogen-bond donors (Lipinski definition) is 3. The summed E-state index contributed by atoms with van der Waals surface area (Å²) in [7, 11) is 1.44. The average molecular weight is 554 g/mol. The predicted octanol–water partition coefficient (Wildman–Crippen LogP) is 3.90. The first kappa shape index (κ1) is 25.7. The molecule has 2 atom stereocenters. The molecular weight excluding hydrogens is 527 g/mol. The average Bonchev–Trinajstić information content (AvgIpc) is 2.79. The van der Waals surface area contributed by atoms with E-state index >= 15 is 0 Å². The van der Waals surface area contributed by atoms with Crippen molar-refractivity contribution in [3.05, 3.63) is 69.0 Å². The van der Waals surface area contributed by atoms with Crippen molar-refractivity contribution in [1.82, 2.24) is 0 Å². The second-order valence-corrected chi connectivity index (χ2v) is 7.99. The van der Waals surface area contributed by atoms with Crippen LogP contribution >= 0.6 is 22.6 Å². The third-order valence-electron chi connectivity index (χ3n) is 4.46. The standard InChI is InChI=1S/C24H27IO7/c1-3-31-24(29)21(27)12-16(15-32-18-9-5-4-6-10-18)8-7-11-20(26)17-13-19(25)23(28)22(14-17)30-2/h4-7,9-10,13-14,20-21,26-28H,3,11-12,15H2,1-2H3/t8?,20-,21-/m1/s1. The van der Waals surface area contributed by atoms with Crippen LogP contribution in [0.5, 0.6) is 17.2 Å². The first-order chi connectivity index (χ1) is 15.3. The number of aliphatic hydroxyl groups excluding tert-OH is 2. The highest BCUT2D eigenvalue weighted by atomic mass is 127. The molecule has 0 unspecified atom stereocenters. The van der Waals surface area contributed by atoms with Crippen LogP contribution in [0.4, 0.5) is 0 Å². The number of hydrogen-bond acceptors (Lipinski definition) is 7. The number of phenols is 1. The van der Waals surface area contributed by atoms with E-state index < -0.39 is 18.2 Å². The molecule has 172 valence electrons. The molecule has 0 heterocycles. The van der Waals surface area contributed by atoms with Gasteiger partial charge in [0.1, 0.15) is 12.4 Å². The van der Waals surface area contributed by atoms with Crippen molar-refractivity contribution < 1.29 is 34.3 Å². The maximum absolute atomic E-state index is 11.8. The number of carbonyl (C=O) groups excluding carboxylic acids is 1. The summed E-state index contributed by atoms with van der Waals surface area (Å²) in [6.45, 7) is 1.95. The molecule has 32 heavy (non-hydrogen) atoms. The SMILES string of the molecule is CCOC(=O)[C@H](O)CC(=C=CC[C@@H](O)c1cc(I)c(O)c(OC)c1)COc1ccccc1. The van der Waals surface area contributed by atoms with Crippen LogP contribution in [-0.2, 0) is 9.53 Å². The van der Waals surface area contributed by atoms with Crippen molar-refractivity contribution in [3.63, 3.8) is 0 Å². The number of aliphatic hydroxyl groups is 2. The number of aromatic hydroxyl groups is 1. The van der Waals surface area contributed by atoms with Crippen LogP contribution in [0.25, 0.3) is 0 Å². The highest BCUT2D eigenvalue weighted by Gasteiger charge is 2.18. The fourth-order valence-corrected chi connectivity index (χ4v) is 3.42. The van der Waals surface area contributed by atoms with E-state index in [1.165, 1.54) is 7.11 Å². The molecule has 0 spiro atoms. The maximum atomic E-state index is 11.8. The first-order valence-corrected chi connectivity index (χ1v) is 11.1. The van der Waals surface area contributed by atoms with Crippen molar-refractivity contribution in [2.75, 3.05) is 20.3 Å². The van der Waals surface area contributed by atoms with Crippen LogP contribution < -0.4 is 9.47 Å². The van der Waals surface area contributed by atoms with E-state index in [0.29, 0.717) is 20.5 Å². The third kappa shape index (κ3) is 7.87. The number of phenolic OH excluding ortho intramolecular Hbond substituents is 1. The number of rotatable bonds is 11. The van der Waals surface area contributed by atoms with Gasteiger partial charge in [0.2, 0.25) is 0 Å². The summed E-state index contributed by atoms with van der Waals surface area (Å²) < 4.78 is 16.3. The molecule has 0 radical (unpaired) electrons. The van der Waals surface area contributed by atoms with Gasteiger partial charge in [-0.2, -0.15) is 0 Å². The Bertz CT molecular complexity index is 952. The van der Waals surface area contributed by atoms with E-state index in [1.54, 1.807) is 37.3 Å². The number of benzene rings is 2. The molecular formula is C24H27IO7. The van der Waals surface area contributed by atoms with E-state index in [2.05, 4.69) is 5.73 Å². The lowest BCUT2D eigenvalue weighted by Gasteiger charge is -2.13. The molecule has 0 saturated heterocycles. The van der Waals surface area contributed by atoms with Gasteiger partial charge in [-0.05, 0) is 65.4 Å². The topological polar surface area (TPSA) is 105 Å². The Balaban J connectivity index is 2.16. The lowest BCUT2D eigenvalue weighted by Crippen LogP contribution is -2.24. The highest BCUT2D eigenvalue weighted by Crippen LogP contribution is 2.35. The zero-order chi connectivity index (χ0) is 23.5. The van der Waals surface area contributed by atoms with Gasteiger partial charge in [0.25, 0.3) is 0 Å². The predicted molar refractivity (Wildman–Crippen MR) is 128 cm³/mol. The summed E-state index contributed by atoms with van der Waals surface area (Å²) in [6, 6.07) is 12.4. The maximum Gasteiger partial charge on any atom is 0.335 e. The number of halogens is 1. The van der Waals surface area contributed by atoms with Crippen molar-refractivity contribution in [2.24, 2.45) is 0 Å². The summed E-state index contributed by atoms with van der Waals surface area (Å²) in [4.78, 5) is 11.8. The van der Waals surface area contributed by atoms with Crippen LogP contribution in [0.3, 0.4) is 0 Å². The quantitative estimate of drug-likeness (QED) is 0.220. The molecule has 0 fully saturated rings. The third-order valence-corrected chi connectivity index (χ3v) is 5.28. The van der Waals surface area contributed by atoms with Crippen molar-refractivity contribution >= 4 is 28.6 Å². The van der Waals surface area contributed by atoms with E-state index in [4.69, 9.17) is 14.2 Å². The van der Waals surface area contributed by atoms with Crippen LogP contribution in [0.1, 0.15) is 31.4 Å². The Kier molecular flexibility index (Phi) is 10.6. The van der Waals surface area contributed by atoms with Gasteiger partial charge in [-0.3, -0.25) is 0 Å². The minimum absolute atomic E-state index is 0.0107. The molecule has 0 bridgehead atoms. The summed E-state index contributed by atoms with van der Waals surface area (Å²) in [5, 5.41) is 30.6. The van der Waals surface area contributed by atoms with Gasteiger partial charge in [0, 0.05) is 18.4 Å². The lowest BCUT2D eigenvalue weighted by atomic mass is 10.0. The van der Waals surface area contributed by atoms with Gasteiger partial charge in [0.05, 0.1) is 23.4 Å². The molecule has 0 aliphatic rings. The number of esters is 1. The van der Waals surface area contributed by atoms with Crippen LogP contribution in [0.15, 0.2) is 59.8 Å². The van der Waals surface area contributed by atoms with Crippen molar-refractivity contribution in [2.45, 2.75) is 32.0 Å². The first-order valence-electron chi connectivity index (χ1n) is 10.1. The molecule has 0 aromatic heterocycles. The van der Waals surface area contributed by atoms with Gasteiger partial charge in [-0.1, -0.05) is 18.2 Å². The number of methoxy groups -OCH3 is 1. The van der Waals surface area contributed by atoms with Gasteiger partial charge in [0.15, 0.2) is 17.6 Å². The van der Waals surface area contributed by atoms with Crippen molar-refractivity contribution in [3.8, 4) is 17.2 Å². The molecule has 0 saturated carbocycles. The Hall–Kier alpha value is -2.52. The normalized spacial score (nSPS) is 12.3. The second-order valence-electron chi connectivity index (χ2n) is 6.83. The Morgan fingerprint density at radius 2 is 1.94 bits per heavy atom. The van der Waals surface area contributed by atoms with Gasteiger partial charge < -0.3 is 29.5 Å². The molecule has 0 amide bonds. The smallest absolute Gasteiger partial charge is 0.335 e. The summed E-state index contributed by atoms with van der Waals surface area (Å²) >= 11 is 1.96. The minimum atomic E-state index is -1.34. The molecule has 0 aliphatic carbocycles. The van der Waals surface area contributed by atoms with E-state index in [9.17, 15) is 20.1 Å². The highest BCUT2D eigenvalue weighted by molar-refractivity contribution is 14.1. The Morgan fingerprint density at radius 3 is 2.59 bits per heavy atom. The second kappa shape index (κ2) is 13.1. The van der Waals surface area contributed by atoms with Crippen LogP contribution in [0.2, 0.25) is 0 Å². The van der Waals surface area contributed by atoms with Crippen LogP contribution in [0, 0.1) is 3.57 Å². The number of para-hydroxylation sites is 1. The van der Waals surface area contributed by atoms with Gasteiger partial charge in [-0.25, -0.2) is 4.79 Å². The van der Waals surface area contributed by atoms with E-state index in [1.807, 2.05) is 40.8 Å². The molecule has 8 heteroatoms.